The van der Waals surface area contributed by atoms with E-state index < -0.39 is 0 Å². The summed E-state index contributed by atoms with van der Waals surface area (Å²) in [7, 11) is 0. The van der Waals surface area contributed by atoms with Gasteiger partial charge in [-0.15, -0.1) is 0 Å². The number of rotatable bonds is 6. The topological polar surface area (TPSA) is 74.4 Å². The molecule has 2 aliphatic rings. The first-order valence-corrected chi connectivity index (χ1v) is 18.7. The lowest BCUT2D eigenvalue weighted by Gasteiger charge is -2.08. The summed E-state index contributed by atoms with van der Waals surface area (Å²) >= 11 is 0. The van der Waals surface area contributed by atoms with Crippen molar-refractivity contribution in [3.63, 3.8) is 0 Å². The Hall–Kier alpha value is -7.63. The summed E-state index contributed by atoms with van der Waals surface area (Å²) < 4.78 is 0. The van der Waals surface area contributed by atoms with Gasteiger partial charge in [-0.1, -0.05) is 146 Å². The van der Waals surface area contributed by atoms with E-state index in [1.165, 1.54) is 0 Å². The number of aromatic nitrogens is 4. The van der Waals surface area contributed by atoms with E-state index in [0.717, 1.165) is 107 Å². The fraction of sp³-hybridized carbons (Fsp3) is 0. The van der Waals surface area contributed by atoms with Crippen LogP contribution < -0.4 is 0 Å². The molecule has 0 amide bonds. The van der Waals surface area contributed by atoms with Crippen molar-refractivity contribution in [1.29, 1.82) is 0 Å². The second-order valence-corrected chi connectivity index (χ2v) is 13.9. The van der Waals surface area contributed by atoms with Gasteiger partial charge in [0.05, 0.1) is 28.3 Å². The zero-order chi connectivity index (χ0) is 37.4. The maximum absolute atomic E-state index is 11.7. The minimum absolute atomic E-state index is 0.625. The summed E-state index contributed by atoms with van der Waals surface area (Å²) in [6, 6.07) is 56.1. The van der Waals surface area contributed by atoms with E-state index in [1.54, 1.807) is 0 Å². The van der Waals surface area contributed by atoms with Gasteiger partial charge in [-0.25, -0.2) is 9.97 Å². The summed E-state index contributed by atoms with van der Waals surface area (Å²) in [4.78, 5) is 30.4. The van der Waals surface area contributed by atoms with Gasteiger partial charge in [0.1, 0.15) is 6.29 Å². The maximum atomic E-state index is 11.7. The van der Waals surface area contributed by atoms with Crippen molar-refractivity contribution in [3.8, 4) is 55.6 Å². The Kier molecular flexibility index (Phi) is 8.23. The molecule has 5 heterocycles. The van der Waals surface area contributed by atoms with Gasteiger partial charge in [-0.05, 0) is 70.3 Å². The van der Waals surface area contributed by atoms with E-state index >= 15 is 0 Å². The lowest BCUT2D eigenvalue weighted by atomic mass is 9.98. The van der Waals surface area contributed by atoms with Crippen LogP contribution in [0.4, 0.5) is 0 Å². The Morgan fingerprint density at radius 1 is 0.375 bits per heavy atom. The summed E-state index contributed by atoms with van der Waals surface area (Å²) in [5.41, 5.74) is 17.9. The van der Waals surface area contributed by atoms with E-state index in [0.29, 0.717) is 5.56 Å². The number of hydrogen-bond donors (Lipinski definition) is 2. The molecule has 0 saturated carbocycles. The van der Waals surface area contributed by atoms with Crippen LogP contribution in [0.25, 0.3) is 102 Å². The zero-order valence-corrected chi connectivity index (χ0v) is 30.3. The molecular formula is C51H34N4O. The van der Waals surface area contributed by atoms with Crippen molar-refractivity contribution in [2.45, 2.75) is 0 Å². The van der Waals surface area contributed by atoms with Crippen LogP contribution in [0.1, 0.15) is 33.1 Å². The standard InChI is InChI=1S/C51H34N4O/c56-32-33-21-23-34(24-22-33)39-31-46-49(37-17-9-3-10-18-37)44-28-27-42(53-44)47(35-13-5-1-6-14-35)40-25-26-41(52-40)48(36-15-7-2-8-16-36)43-29-30-45(54-43)50(51(39)55-46)38-19-11-4-12-20-38/h1-32,53,55H. The molecular weight excluding hydrogens is 685 g/mol. The highest BCUT2D eigenvalue weighted by Crippen LogP contribution is 2.41. The fourth-order valence-corrected chi connectivity index (χ4v) is 7.89. The molecule has 0 spiro atoms. The first-order chi connectivity index (χ1) is 27.7. The van der Waals surface area contributed by atoms with Crippen molar-refractivity contribution in [2.75, 3.05) is 0 Å². The maximum Gasteiger partial charge on any atom is 0.150 e. The Bertz CT molecular complexity index is 3000. The summed E-state index contributed by atoms with van der Waals surface area (Å²) in [5.74, 6) is 0. The number of carbonyl (C=O) groups is 1. The van der Waals surface area contributed by atoms with Gasteiger partial charge in [0.25, 0.3) is 0 Å². The van der Waals surface area contributed by atoms with Crippen molar-refractivity contribution < 1.29 is 4.79 Å². The zero-order valence-electron chi connectivity index (χ0n) is 30.3. The number of fused-ring (bicyclic) bond motifs is 8. The van der Waals surface area contributed by atoms with E-state index in [9.17, 15) is 4.79 Å². The van der Waals surface area contributed by atoms with E-state index in [1.807, 2.05) is 48.5 Å². The Balaban J connectivity index is 1.44. The molecule has 0 radical (unpaired) electrons. The lowest BCUT2D eigenvalue weighted by molar-refractivity contribution is 0.112. The highest BCUT2D eigenvalue weighted by molar-refractivity contribution is 6.05. The van der Waals surface area contributed by atoms with Gasteiger partial charge in [0, 0.05) is 49.9 Å². The molecule has 3 aromatic heterocycles. The van der Waals surface area contributed by atoms with Crippen LogP contribution >= 0.6 is 0 Å². The normalized spacial score (nSPS) is 11.9. The molecule has 56 heavy (non-hydrogen) atoms. The Labute approximate surface area is 324 Å². The van der Waals surface area contributed by atoms with Crippen molar-refractivity contribution in [2.24, 2.45) is 0 Å². The first kappa shape index (κ1) is 33.0. The molecule has 0 saturated heterocycles. The molecule has 8 bridgehead atoms. The smallest absolute Gasteiger partial charge is 0.150 e. The average Bonchev–Trinajstić information content (AvgIpc) is 4.10. The third-order valence-corrected chi connectivity index (χ3v) is 10.5. The average molecular weight is 719 g/mol. The summed E-state index contributed by atoms with van der Waals surface area (Å²) in [5, 5.41) is 0. The van der Waals surface area contributed by atoms with Crippen LogP contribution in [0, 0.1) is 0 Å². The molecule has 0 aliphatic carbocycles. The number of benzene rings is 5. The first-order valence-electron chi connectivity index (χ1n) is 18.7. The third kappa shape index (κ3) is 5.88. The third-order valence-electron chi connectivity index (χ3n) is 10.5. The molecule has 5 heteroatoms. The second-order valence-electron chi connectivity index (χ2n) is 13.9. The number of aromatic amines is 2. The molecule has 2 aliphatic heterocycles. The van der Waals surface area contributed by atoms with Gasteiger partial charge < -0.3 is 9.97 Å². The molecule has 5 aromatic carbocycles. The SMILES string of the molecule is O=Cc1ccc(-c2cc3[nH]c2c(-c2ccccc2)c2nc(c(-c4ccccc4)c4nc(c(-c5ccccc5)c5ccc([nH]5)c3-c3ccccc3)C=C4)C=C2)cc1. The Morgan fingerprint density at radius 3 is 1.32 bits per heavy atom. The van der Waals surface area contributed by atoms with Crippen molar-refractivity contribution in [3.05, 3.63) is 192 Å². The quantitative estimate of drug-likeness (QED) is 0.168. The van der Waals surface area contributed by atoms with Crippen LogP contribution in [-0.4, -0.2) is 26.2 Å². The van der Waals surface area contributed by atoms with Gasteiger partial charge >= 0.3 is 0 Å². The molecule has 2 N–H and O–H groups in total. The lowest BCUT2D eigenvalue weighted by Crippen LogP contribution is -1.91. The number of nitrogens with zero attached hydrogens (tertiary/aromatic N) is 2. The van der Waals surface area contributed by atoms with Crippen LogP contribution in [0.2, 0.25) is 0 Å². The monoisotopic (exact) mass is 718 g/mol. The second kappa shape index (κ2) is 14.0. The van der Waals surface area contributed by atoms with E-state index in [4.69, 9.17) is 9.97 Å². The minimum atomic E-state index is 0.625. The van der Waals surface area contributed by atoms with Crippen molar-refractivity contribution >= 4 is 52.7 Å². The van der Waals surface area contributed by atoms with E-state index in [-0.39, 0.29) is 0 Å². The van der Waals surface area contributed by atoms with Gasteiger partial charge in [-0.3, -0.25) is 4.79 Å². The van der Waals surface area contributed by atoms with Crippen LogP contribution in [0.15, 0.2) is 164 Å². The van der Waals surface area contributed by atoms with Gasteiger partial charge in [-0.2, -0.15) is 0 Å². The summed E-state index contributed by atoms with van der Waals surface area (Å²) in [6.07, 6.45) is 9.33. The van der Waals surface area contributed by atoms with Crippen LogP contribution in [-0.2, 0) is 0 Å². The van der Waals surface area contributed by atoms with Crippen molar-refractivity contribution in [1.82, 2.24) is 19.9 Å². The van der Waals surface area contributed by atoms with E-state index in [2.05, 4.69) is 150 Å². The van der Waals surface area contributed by atoms with Crippen LogP contribution in [0.3, 0.4) is 0 Å². The number of nitrogens with one attached hydrogen (secondary N) is 2. The number of hydrogen-bond acceptors (Lipinski definition) is 3. The molecule has 0 unspecified atom stereocenters. The molecule has 10 rings (SSSR count). The molecule has 5 nitrogen and oxygen atoms in total. The predicted molar refractivity (Wildman–Crippen MR) is 231 cm³/mol. The number of aldehydes is 1. The number of carbonyl (C=O) groups excluding carboxylic acids is 1. The highest BCUT2D eigenvalue weighted by Gasteiger charge is 2.21. The largest absolute Gasteiger partial charge is 0.354 e. The predicted octanol–water partition coefficient (Wildman–Crippen LogP) is 12.8. The van der Waals surface area contributed by atoms with Crippen LogP contribution in [0.5, 0.6) is 0 Å². The highest BCUT2D eigenvalue weighted by atomic mass is 16.1. The fourth-order valence-electron chi connectivity index (χ4n) is 7.89. The molecule has 8 aromatic rings. The van der Waals surface area contributed by atoms with Gasteiger partial charge in [0.2, 0.25) is 0 Å². The number of H-pyrrole nitrogens is 2. The molecule has 0 atom stereocenters. The van der Waals surface area contributed by atoms with Gasteiger partial charge in [0.15, 0.2) is 0 Å². The molecule has 0 fully saturated rings. The summed E-state index contributed by atoms with van der Waals surface area (Å²) in [6.45, 7) is 0. The Morgan fingerprint density at radius 2 is 0.804 bits per heavy atom. The minimum Gasteiger partial charge on any atom is -0.354 e. The molecule has 264 valence electrons.